The topological polar surface area (TPSA) is 108 Å². The number of hydrogen-bond donors (Lipinski definition) is 1. The largest absolute Gasteiger partial charge is 0.477 e. The van der Waals surface area contributed by atoms with Gasteiger partial charge in [0.1, 0.15) is 13.2 Å². The fourth-order valence-corrected chi connectivity index (χ4v) is 11.1. The van der Waals surface area contributed by atoms with Gasteiger partial charge in [-0.05, 0) is 141 Å². The minimum Gasteiger partial charge on any atom is -0.477 e. The standard InChI is InChI=1S/C94H153NO8/c1-6-8-10-12-14-16-18-20-22-24-26-28-30-32-34-36-38-40-42-44-45-46-47-49-50-52-54-56-58-60-62-64-66-68-70-72-74-76-78-80-82-84-91(96)101-88-90(89-102-94(93(98)99)100-87-86-95(3,4)5)103-92(97)85-83-81-79-77-75-73-71-69-67-65-63-61-59-57-55-53-51-48-43-41-39-37-35-33-31-29-27-25-23-21-19-17-15-13-11-9-7-2/h8-11,14-17,20-23,26-29,32-35,38-41,44-45,48,51,55,57,61,63,90,94H,6-7,12-13,18-19,24-25,30-31,36-37,42-43,46-47,49-50,52-54,56,58-60,62,64-89H2,1-5H3/p+1/b10-8-,11-9-,16-14-,17-15-,22-20-,23-21-,28-26-,29-27-,34-32-,35-33-,40-38-,41-39-,45-44-,51-48-,57-55-,63-61-. The molecule has 2 atom stereocenters. The van der Waals surface area contributed by atoms with E-state index in [1.807, 2.05) is 21.1 Å². The number of likely N-dealkylation sites (N-methyl/N-ethyl adjacent to an activating group) is 1. The molecular weight excluding hydrogens is 1270 g/mol. The zero-order valence-corrected chi connectivity index (χ0v) is 66.7. The van der Waals surface area contributed by atoms with Gasteiger partial charge in [-0.1, -0.05) is 362 Å². The van der Waals surface area contributed by atoms with Crippen molar-refractivity contribution in [1.82, 2.24) is 0 Å². The van der Waals surface area contributed by atoms with Crippen molar-refractivity contribution in [3.8, 4) is 0 Å². The summed E-state index contributed by atoms with van der Waals surface area (Å²) >= 11 is 0. The van der Waals surface area contributed by atoms with Crippen molar-refractivity contribution in [2.75, 3.05) is 47.5 Å². The van der Waals surface area contributed by atoms with E-state index in [0.29, 0.717) is 23.9 Å². The molecule has 582 valence electrons. The summed E-state index contributed by atoms with van der Waals surface area (Å²) in [6.45, 7) is 4.65. The van der Waals surface area contributed by atoms with Gasteiger partial charge in [0.2, 0.25) is 0 Å². The molecule has 0 fully saturated rings. The molecule has 0 bridgehead atoms. The number of carboxylic acid groups (broad SMARTS) is 1. The van der Waals surface area contributed by atoms with Gasteiger partial charge in [0, 0.05) is 12.8 Å². The number of allylic oxidation sites excluding steroid dienone is 32. The maximum absolute atomic E-state index is 13.0. The third-order valence-corrected chi connectivity index (χ3v) is 17.3. The predicted molar refractivity (Wildman–Crippen MR) is 446 cm³/mol. The van der Waals surface area contributed by atoms with Crippen LogP contribution in [0.5, 0.6) is 0 Å². The molecule has 0 rings (SSSR count). The van der Waals surface area contributed by atoms with Crippen LogP contribution in [0.15, 0.2) is 194 Å². The van der Waals surface area contributed by atoms with E-state index in [4.69, 9.17) is 18.9 Å². The molecule has 2 unspecified atom stereocenters. The summed E-state index contributed by atoms with van der Waals surface area (Å²) in [6.07, 6.45) is 123. The summed E-state index contributed by atoms with van der Waals surface area (Å²) in [5, 5.41) is 9.78. The number of nitrogens with zero attached hydrogens (tertiary/aromatic N) is 1. The monoisotopic (exact) mass is 1430 g/mol. The number of carbonyl (C=O) groups is 3. The van der Waals surface area contributed by atoms with Crippen molar-refractivity contribution in [3.63, 3.8) is 0 Å². The molecule has 0 heterocycles. The van der Waals surface area contributed by atoms with Crippen molar-refractivity contribution in [2.45, 2.75) is 334 Å². The molecule has 0 aliphatic carbocycles. The molecular formula is C94H154NO8+. The minimum atomic E-state index is -1.52. The first-order valence-corrected chi connectivity index (χ1v) is 41.6. The number of esters is 2. The molecule has 0 saturated carbocycles. The second kappa shape index (κ2) is 81.8. The van der Waals surface area contributed by atoms with Crippen molar-refractivity contribution in [1.29, 1.82) is 0 Å². The summed E-state index contributed by atoms with van der Waals surface area (Å²) in [6, 6.07) is 0. The average Bonchev–Trinajstić information content (AvgIpc) is 1.16. The maximum Gasteiger partial charge on any atom is 0.361 e. The van der Waals surface area contributed by atoms with Crippen molar-refractivity contribution in [3.05, 3.63) is 194 Å². The lowest BCUT2D eigenvalue weighted by molar-refractivity contribution is -0.870. The Morgan fingerprint density at radius 3 is 0.777 bits per heavy atom. The second-order valence-electron chi connectivity index (χ2n) is 28.3. The van der Waals surface area contributed by atoms with E-state index in [1.54, 1.807) is 0 Å². The number of unbranched alkanes of at least 4 members (excludes halogenated alkanes) is 28. The van der Waals surface area contributed by atoms with Gasteiger partial charge < -0.3 is 28.5 Å². The first-order valence-electron chi connectivity index (χ1n) is 41.6. The Morgan fingerprint density at radius 1 is 0.291 bits per heavy atom. The Balaban J connectivity index is 4.07. The number of quaternary nitrogens is 1. The molecule has 0 aliphatic rings. The smallest absolute Gasteiger partial charge is 0.361 e. The Kier molecular flexibility index (Phi) is 77.1. The fourth-order valence-electron chi connectivity index (χ4n) is 11.1. The summed E-state index contributed by atoms with van der Waals surface area (Å²) in [5.41, 5.74) is 0. The molecule has 0 aromatic carbocycles. The first kappa shape index (κ1) is 97.1. The third-order valence-electron chi connectivity index (χ3n) is 17.3. The highest BCUT2D eigenvalue weighted by molar-refractivity contribution is 5.71. The van der Waals surface area contributed by atoms with Crippen LogP contribution < -0.4 is 0 Å². The van der Waals surface area contributed by atoms with Gasteiger partial charge in [-0.25, -0.2) is 4.79 Å². The van der Waals surface area contributed by atoms with Crippen LogP contribution in [0.2, 0.25) is 0 Å². The van der Waals surface area contributed by atoms with Gasteiger partial charge in [0.15, 0.2) is 6.10 Å². The molecule has 0 aromatic heterocycles. The summed E-state index contributed by atoms with van der Waals surface area (Å²) in [4.78, 5) is 37.8. The van der Waals surface area contributed by atoms with E-state index in [9.17, 15) is 19.5 Å². The van der Waals surface area contributed by atoms with Crippen molar-refractivity contribution < 1.29 is 42.9 Å². The van der Waals surface area contributed by atoms with E-state index in [-0.39, 0.29) is 32.2 Å². The third kappa shape index (κ3) is 83.3. The molecule has 0 radical (unpaired) electrons. The fraction of sp³-hybridized carbons (Fsp3) is 0.628. The molecule has 0 spiro atoms. The molecule has 1 N–H and O–H groups in total. The van der Waals surface area contributed by atoms with Gasteiger partial charge in [-0.3, -0.25) is 9.59 Å². The van der Waals surface area contributed by atoms with E-state index in [2.05, 4.69) is 208 Å². The Morgan fingerprint density at radius 2 is 0.524 bits per heavy atom. The van der Waals surface area contributed by atoms with Gasteiger partial charge in [0.05, 0.1) is 34.4 Å². The van der Waals surface area contributed by atoms with E-state index in [1.165, 1.54) is 141 Å². The highest BCUT2D eigenvalue weighted by Crippen LogP contribution is 2.18. The van der Waals surface area contributed by atoms with Crippen LogP contribution in [0, 0.1) is 0 Å². The lowest BCUT2D eigenvalue weighted by Gasteiger charge is -2.25. The molecule has 103 heavy (non-hydrogen) atoms. The highest BCUT2D eigenvalue weighted by Gasteiger charge is 2.25. The number of rotatable bonds is 75. The molecule has 9 nitrogen and oxygen atoms in total. The quantitative estimate of drug-likeness (QED) is 0.0211. The van der Waals surface area contributed by atoms with Crippen LogP contribution in [0.1, 0.15) is 322 Å². The SMILES string of the molecule is CC/C=C\C/C=C\C/C=C\C/C=C\C/C=C\C/C=C\C/C=C\C/C=C\C/C=C\CCCCCCCCCCCC(=O)OC(COC(=O)CCCCCCCCCCCCCCCCCCCCC/C=C\C/C=C\C/C=C\C/C=C\C/C=C\C/C=C\C/C=C\CC)COC(OCC[N+](C)(C)C)C(=O)O. The number of ether oxygens (including phenoxy) is 4. The summed E-state index contributed by atoms with van der Waals surface area (Å²) in [5.74, 6) is -2.02. The molecule has 0 amide bonds. The van der Waals surface area contributed by atoms with Gasteiger partial charge in [0.25, 0.3) is 6.29 Å². The van der Waals surface area contributed by atoms with Gasteiger partial charge >= 0.3 is 17.9 Å². The Hall–Kier alpha value is -5.87. The number of carbonyl (C=O) groups excluding carboxylic acids is 2. The first-order chi connectivity index (χ1) is 50.6. The Bertz CT molecular complexity index is 2410. The van der Waals surface area contributed by atoms with Gasteiger partial charge in [-0.15, -0.1) is 0 Å². The minimum absolute atomic E-state index is 0.179. The van der Waals surface area contributed by atoms with Crippen LogP contribution in [0.3, 0.4) is 0 Å². The van der Waals surface area contributed by atoms with E-state index >= 15 is 0 Å². The Labute approximate surface area is 633 Å². The molecule has 9 heteroatoms. The summed E-state index contributed by atoms with van der Waals surface area (Å²) in [7, 11) is 5.98. The lowest BCUT2D eigenvalue weighted by atomic mass is 10.0. The second-order valence-corrected chi connectivity index (χ2v) is 28.3. The zero-order valence-electron chi connectivity index (χ0n) is 66.7. The molecule has 0 aliphatic heterocycles. The number of carboxylic acids is 1. The van der Waals surface area contributed by atoms with Crippen LogP contribution >= 0.6 is 0 Å². The normalized spacial score (nSPS) is 13.7. The van der Waals surface area contributed by atoms with Gasteiger partial charge in [-0.2, -0.15) is 0 Å². The highest BCUT2D eigenvalue weighted by atomic mass is 16.7. The van der Waals surface area contributed by atoms with E-state index in [0.717, 1.165) is 148 Å². The van der Waals surface area contributed by atoms with Crippen LogP contribution in [-0.2, 0) is 33.3 Å². The van der Waals surface area contributed by atoms with Crippen molar-refractivity contribution >= 4 is 17.9 Å². The van der Waals surface area contributed by atoms with Crippen LogP contribution in [0.4, 0.5) is 0 Å². The molecule has 0 saturated heterocycles. The van der Waals surface area contributed by atoms with Crippen LogP contribution in [0.25, 0.3) is 0 Å². The number of aliphatic carboxylic acids is 1. The maximum atomic E-state index is 13.0. The lowest BCUT2D eigenvalue weighted by Crippen LogP contribution is -2.40. The predicted octanol–water partition coefficient (Wildman–Crippen LogP) is 27.3. The van der Waals surface area contributed by atoms with Crippen LogP contribution in [-0.4, -0.2) is 87.4 Å². The van der Waals surface area contributed by atoms with E-state index < -0.39 is 24.3 Å². The zero-order chi connectivity index (χ0) is 74.6. The average molecular weight is 1430 g/mol. The summed E-state index contributed by atoms with van der Waals surface area (Å²) < 4.78 is 23.0. The van der Waals surface area contributed by atoms with Crippen molar-refractivity contribution in [2.24, 2.45) is 0 Å². The molecule has 0 aromatic rings. The number of hydrogen-bond acceptors (Lipinski definition) is 7.